The maximum Gasteiger partial charge on any atom is 0.193 e. The fourth-order valence-electron chi connectivity index (χ4n) is 3.14. The first-order valence-corrected chi connectivity index (χ1v) is 16.7. The van der Waals surface area contributed by atoms with Gasteiger partial charge in [-0.2, -0.15) is 0 Å². The SMILES string of the molecule is C[C@@H]1OC(C2(O)CCC2)=C[C@H](O[Si](C)(C)C(C)(C)C)[C@@H]1O[Si](C)(C)C(C)(C)C. The molecule has 2 aliphatic rings. The summed E-state index contributed by atoms with van der Waals surface area (Å²) >= 11 is 0. The molecule has 1 N–H and O–H groups in total. The quantitative estimate of drug-likeness (QED) is 0.547. The second kappa shape index (κ2) is 7.52. The summed E-state index contributed by atoms with van der Waals surface area (Å²) in [4.78, 5) is 0. The average Bonchev–Trinajstić information content (AvgIpc) is 2.45. The van der Waals surface area contributed by atoms with E-state index in [9.17, 15) is 5.11 Å². The van der Waals surface area contributed by atoms with Gasteiger partial charge in [-0.15, -0.1) is 0 Å². The molecular formula is C22H44O4Si2. The molecule has 1 heterocycles. The lowest BCUT2D eigenvalue weighted by molar-refractivity contribution is -0.110. The zero-order valence-corrected chi connectivity index (χ0v) is 22.1. The van der Waals surface area contributed by atoms with Crippen molar-refractivity contribution in [3.8, 4) is 0 Å². The van der Waals surface area contributed by atoms with Crippen molar-refractivity contribution in [2.45, 2.75) is 128 Å². The Morgan fingerprint density at radius 2 is 1.43 bits per heavy atom. The van der Waals surface area contributed by atoms with Gasteiger partial charge < -0.3 is 18.7 Å². The summed E-state index contributed by atoms with van der Waals surface area (Å²) < 4.78 is 19.9. The number of hydrogen-bond donors (Lipinski definition) is 1. The van der Waals surface area contributed by atoms with Crippen LogP contribution in [0.15, 0.2) is 11.8 Å². The topological polar surface area (TPSA) is 47.9 Å². The van der Waals surface area contributed by atoms with Crippen LogP contribution in [0.5, 0.6) is 0 Å². The van der Waals surface area contributed by atoms with Crippen molar-refractivity contribution in [3.05, 3.63) is 11.8 Å². The molecule has 0 bridgehead atoms. The van der Waals surface area contributed by atoms with Crippen LogP contribution in [0, 0.1) is 0 Å². The van der Waals surface area contributed by atoms with Gasteiger partial charge >= 0.3 is 0 Å². The summed E-state index contributed by atoms with van der Waals surface area (Å²) in [6.45, 7) is 24.7. The van der Waals surface area contributed by atoms with E-state index in [1.54, 1.807) is 0 Å². The van der Waals surface area contributed by atoms with Crippen molar-refractivity contribution >= 4 is 16.6 Å². The van der Waals surface area contributed by atoms with Crippen LogP contribution in [0.3, 0.4) is 0 Å². The van der Waals surface area contributed by atoms with Crippen molar-refractivity contribution in [2.24, 2.45) is 0 Å². The van der Waals surface area contributed by atoms with E-state index in [4.69, 9.17) is 13.6 Å². The summed E-state index contributed by atoms with van der Waals surface area (Å²) in [5.41, 5.74) is -0.814. The molecule has 0 radical (unpaired) electrons. The lowest BCUT2D eigenvalue weighted by atomic mass is 9.77. The summed E-state index contributed by atoms with van der Waals surface area (Å²) in [6, 6.07) is 0. The van der Waals surface area contributed by atoms with Gasteiger partial charge in [0.25, 0.3) is 0 Å². The monoisotopic (exact) mass is 428 g/mol. The molecule has 0 aromatic rings. The molecule has 164 valence electrons. The summed E-state index contributed by atoms with van der Waals surface area (Å²) in [6.07, 6.45) is 4.15. The van der Waals surface area contributed by atoms with Crippen LogP contribution < -0.4 is 0 Å². The Balaban J connectivity index is 2.38. The Morgan fingerprint density at radius 3 is 1.82 bits per heavy atom. The van der Waals surface area contributed by atoms with Crippen LogP contribution in [0.1, 0.15) is 67.7 Å². The molecule has 6 heteroatoms. The lowest BCUT2D eigenvalue weighted by Gasteiger charge is -2.49. The van der Waals surface area contributed by atoms with Gasteiger partial charge in [-0.1, -0.05) is 41.5 Å². The Morgan fingerprint density at radius 1 is 0.964 bits per heavy atom. The highest BCUT2D eigenvalue weighted by molar-refractivity contribution is 6.74. The molecule has 28 heavy (non-hydrogen) atoms. The molecule has 0 spiro atoms. The first-order chi connectivity index (χ1) is 12.4. The number of rotatable bonds is 5. The third-order valence-corrected chi connectivity index (χ3v) is 16.5. The van der Waals surface area contributed by atoms with E-state index >= 15 is 0 Å². The molecule has 0 saturated heterocycles. The largest absolute Gasteiger partial charge is 0.489 e. The fraction of sp³-hybridized carbons (Fsp3) is 0.909. The van der Waals surface area contributed by atoms with E-state index < -0.39 is 22.2 Å². The molecular weight excluding hydrogens is 384 g/mol. The standard InChI is InChI=1S/C22H44O4Si2/c1-16-19(26-28(10,11)21(5,6)7)17(25-27(8,9)20(2,3)4)15-18(24-16)22(23)13-12-14-22/h15-17,19,23H,12-14H2,1-11H3/t16-,17-,19+/m0/s1. The highest BCUT2D eigenvalue weighted by Gasteiger charge is 2.50. The van der Waals surface area contributed by atoms with Crippen molar-refractivity contribution in [2.75, 3.05) is 0 Å². The Labute approximate surface area is 175 Å². The van der Waals surface area contributed by atoms with Gasteiger partial charge in [-0.05, 0) is 68.5 Å². The maximum absolute atomic E-state index is 10.9. The molecule has 3 atom stereocenters. The van der Waals surface area contributed by atoms with E-state index in [2.05, 4.69) is 74.7 Å². The predicted molar refractivity (Wildman–Crippen MR) is 122 cm³/mol. The Bertz CT molecular complexity index is 595. The third kappa shape index (κ3) is 4.77. The van der Waals surface area contributed by atoms with Gasteiger partial charge in [-0.3, -0.25) is 0 Å². The molecule has 0 unspecified atom stereocenters. The van der Waals surface area contributed by atoms with Crippen molar-refractivity contribution < 1.29 is 18.7 Å². The first kappa shape index (κ1) is 24.1. The van der Waals surface area contributed by atoms with E-state index in [0.717, 1.165) is 19.3 Å². The molecule has 1 aliphatic carbocycles. The molecule has 2 rings (SSSR count). The highest BCUT2D eigenvalue weighted by Crippen LogP contribution is 2.45. The minimum absolute atomic E-state index is 0.109. The van der Waals surface area contributed by atoms with Crippen LogP contribution in [0.2, 0.25) is 36.3 Å². The van der Waals surface area contributed by atoms with Gasteiger partial charge in [0.1, 0.15) is 23.6 Å². The molecule has 0 amide bonds. The molecule has 0 aromatic heterocycles. The Hall–Kier alpha value is -0.146. The number of aliphatic hydroxyl groups is 1. The smallest absolute Gasteiger partial charge is 0.193 e. The maximum atomic E-state index is 10.9. The molecule has 1 saturated carbocycles. The predicted octanol–water partition coefficient (Wildman–Crippen LogP) is 5.98. The van der Waals surface area contributed by atoms with Gasteiger partial charge in [0.2, 0.25) is 0 Å². The van der Waals surface area contributed by atoms with E-state index in [1.807, 2.05) is 6.08 Å². The molecule has 1 aliphatic heterocycles. The minimum atomic E-state index is -2.01. The van der Waals surface area contributed by atoms with Crippen molar-refractivity contribution in [1.29, 1.82) is 0 Å². The summed E-state index contributed by atoms with van der Waals surface area (Å²) in [7, 11) is -4.01. The van der Waals surface area contributed by atoms with Crippen molar-refractivity contribution in [1.82, 2.24) is 0 Å². The van der Waals surface area contributed by atoms with E-state index in [-0.39, 0.29) is 28.4 Å². The number of ether oxygens (including phenoxy) is 1. The second-order valence-corrected chi connectivity index (χ2v) is 21.4. The molecule has 0 aromatic carbocycles. The normalized spacial score (nSPS) is 29.0. The van der Waals surface area contributed by atoms with Crippen LogP contribution >= 0.6 is 0 Å². The van der Waals surface area contributed by atoms with Gasteiger partial charge in [-0.25, -0.2) is 0 Å². The van der Waals surface area contributed by atoms with Crippen LogP contribution in [0.25, 0.3) is 0 Å². The van der Waals surface area contributed by atoms with Crippen molar-refractivity contribution in [3.63, 3.8) is 0 Å². The van der Waals surface area contributed by atoms with Gasteiger partial charge in [0, 0.05) is 0 Å². The van der Waals surface area contributed by atoms with E-state index in [1.165, 1.54) is 0 Å². The van der Waals surface area contributed by atoms with Gasteiger partial charge in [0.05, 0.1) is 6.10 Å². The zero-order valence-electron chi connectivity index (χ0n) is 20.1. The average molecular weight is 429 g/mol. The summed E-state index contributed by atoms with van der Waals surface area (Å²) in [5, 5.41) is 11.1. The third-order valence-electron chi connectivity index (χ3n) is 7.53. The highest BCUT2D eigenvalue weighted by atomic mass is 28.4. The minimum Gasteiger partial charge on any atom is -0.489 e. The zero-order chi connectivity index (χ0) is 21.8. The summed E-state index contributed by atoms with van der Waals surface area (Å²) in [5.74, 6) is 0.699. The van der Waals surface area contributed by atoms with Crippen LogP contribution in [-0.2, 0) is 13.6 Å². The van der Waals surface area contributed by atoms with E-state index in [0.29, 0.717) is 5.76 Å². The fourth-order valence-corrected chi connectivity index (χ4v) is 5.73. The van der Waals surface area contributed by atoms with Crippen LogP contribution in [-0.4, -0.2) is 45.7 Å². The Kier molecular flexibility index (Phi) is 6.48. The van der Waals surface area contributed by atoms with Gasteiger partial charge in [0.15, 0.2) is 16.6 Å². The molecule has 1 fully saturated rings. The lowest BCUT2D eigenvalue weighted by Crippen LogP contribution is -2.57. The van der Waals surface area contributed by atoms with Crippen LogP contribution in [0.4, 0.5) is 0 Å². The first-order valence-electron chi connectivity index (χ1n) is 10.9. The number of hydrogen-bond acceptors (Lipinski definition) is 4. The second-order valence-electron chi connectivity index (χ2n) is 11.9. The molecule has 4 nitrogen and oxygen atoms in total.